The number of carbonyl (C=O) groups is 2. The van der Waals surface area contributed by atoms with E-state index in [2.05, 4.69) is 9.88 Å². The minimum atomic E-state index is -0.330. The second kappa shape index (κ2) is 7.76. The van der Waals surface area contributed by atoms with Crippen LogP contribution in [0.4, 0.5) is 5.88 Å². The van der Waals surface area contributed by atoms with Gasteiger partial charge in [0, 0.05) is 29.9 Å². The number of anilines is 1. The van der Waals surface area contributed by atoms with Crippen LogP contribution in [0.5, 0.6) is 0 Å². The van der Waals surface area contributed by atoms with Crippen LogP contribution in [0, 0.1) is 0 Å². The van der Waals surface area contributed by atoms with Gasteiger partial charge in [0.15, 0.2) is 0 Å². The van der Waals surface area contributed by atoms with Gasteiger partial charge in [0.05, 0.1) is 24.9 Å². The van der Waals surface area contributed by atoms with Gasteiger partial charge in [-0.3, -0.25) is 14.5 Å². The Bertz CT molecular complexity index is 1100. The van der Waals surface area contributed by atoms with E-state index < -0.39 is 0 Å². The van der Waals surface area contributed by atoms with Crippen LogP contribution in [0.3, 0.4) is 0 Å². The maximum absolute atomic E-state index is 13.5. The SMILES string of the molecule is CC(=O)NC1(c2ccc(C(=O)N3Cc4cccn4Cc4ccoc43)cc2)CCCCC1. The lowest BCUT2D eigenvalue weighted by molar-refractivity contribution is -0.121. The van der Waals surface area contributed by atoms with Gasteiger partial charge < -0.3 is 14.3 Å². The summed E-state index contributed by atoms with van der Waals surface area (Å²) in [5, 5.41) is 3.20. The van der Waals surface area contributed by atoms with Gasteiger partial charge in [-0.25, -0.2) is 0 Å². The lowest BCUT2D eigenvalue weighted by Crippen LogP contribution is -2.46. The standard InChI is InChI=1S/C25H27N3O3/c1-18(29)26-25(12-3-2-4-13-25)21-9-7-19(8-10-21)23(30)28-17-22-6-5-14-27(22)16-20-11-15-31-24(20)28/h5-11,14-15H,2-4,12-13,16-17H2,1H3,(H,26,29). The molecule has 1 N–H and O–H groups in total. The number of furan rings is 1. The van der Waals surface area contributed by atoms with Gasteiger partial charge in [0.1, 0.15) is 0 Å². The smallest absolute Gasteiger partial charge is 0.260 e. The first kappa shape index (κ1) is 19.7. The molecule has 0 bridgehead atoms. The van der Waals surface area contributed by atoms with Crippen molar-refractivity contribution < 1.29 is 14.0 Å². The third kappa shape index (κ3) is 3.56. The van der Waals surface area contributed by atoms with Gasteiger partial charge in [-0.1, -0.05) is 31.4 Å². The number of rotatable bonds is 3. The quantitative estimate of drug-likeness (QED) is 0.678. The number of hydrogen-bond acceptors (Lipinski definition) is 3. The highest BCUT2D eigenvalue weighted by atomic mass is 16.3. The number of carbonyl (C=O) groups excluding carboxylic acids is 2. The van der Waals surface area contributed by atoms with E-state index in [0.717, 1.165) is 42.5 Å². The summed E-state index contributed by atoms with van der Waals surface area (Å²) in [6.45, 7) is 2.73. The van der Waals surface area contributed by atoms with E-state index in [0.29, 0.717) is 24.5 Å². The zero-order valence-corrected chi connectivity index (χ0v) is 17.8. The molecule has 1 saturated carbocycles. The number of aromatic nitrogens is 1. The molecule has 1 fully saturated rings. The summed E-state index contributed by atoms with van der Waals surface area (Å²) in [7, 11) is 0. The highest BCUT2D eigenvalue weighted by Crippen LogP contribution is 2.37. The molecule has 2 amide bonds. The molecule has 160 valence electrons. The van der Waals surface area contributed by atoms with Crippen LogP contribution in [-0.2, 0) is 23.4 Å². The van der Waals surface area contributed by atoms with Gasteiger partial charge in [0.2, 0.25) is 11.8 Å². The van der Waals surface area contributed by atoms with Gasteiger partial charge in [-0.2, -0.15) is 0 Å². The molecule has 2 aliphatic rings. The number of nitrogens with one attached hydrogen (secondary N) is 1. The van der Waals surface area contributed by atoms with Crippen molar-refractivity contribution in [1.29, 1.82) is 0 Å². The summed E-state index contributed by atoms with van der Waals surface area (Å²) in [5.41, 5.74) is 3.42. The molecule has 0 saturated heterocycles. The molecule has 0 atom stereocenters. The van der Waals surface area contributed by atoms with E-state index in [1.807, 2.05) is 48.7 Å². The van der Waals surface area contributed by atoms with Crippen LogP contribution < -0.4 is 10.2 Å². The second-order valence-corrected chi connectivity index (χ2v) is 8.67. The van der Waals surface area contributed by atoms with Crippen LogP contribution >= 0.6 is 0 Å². The summed E-state index contributed by atoms with van der Waals surface area (Å²) in [6, 6.07) is 13.7. The van der Waals surface area contributed by atoms with Crippen molar-refractivity contribution in [1.82, 2.24) is 9.88 Å². The second-order valence-electron chi connectivity index (χ2n) is 8.67. The third-order valence-electron chi connectivity index (χ3n) is 6.61. The molecule has 3 aromatic rings. The Morgan fingerprint density at radius 2 is 1.77 bits per heavy atom. The van der Waals surface area contributed by atoms with E-state index in [-0.39, 0.29) is 17.4 Å². The molecule has 2 aromatic heterocycles. The van der Waals surface area contributed by atoms with E-state index in [4.69, 9.17) is 4.42 Å². The average molecular weight is 418 g/mol. The number of nitrogens with zero attached hydrogens (tertiary/aromatic N) is 2. The highest BCUT2D eigenvalue weighted by Gasteiger charge is 2.35. The summed E-state index contributed by atoms with van der Waals surface area (Å²) < 4.78 is 7.86. The molecule has 0 unspecified atom stereocenters. The predicted octanol–water partition coefficient (Wildman–Crippen LogP) is 4.59. The summed E-state index contributed by atoms with van der Waals surface area (Å²) >= 11 is 0. The van der Waals surface area contributed by atoms with E-state index in [1.165, 1.54) is 6.42 Å². The van der Waals surface area contributed by atoms with Crippen LogP contribution in [0.25, 0.3) is 0 Å². The van der Waals surface area contributed by atoms with Crippen LogP contribution in [-0.4, -0.2) is 16.4 Å². The number of fused-ring (bicyclic) bond motifs is 2. The first-order chi connectivity index (χ1) is 15.1. The lowest BCUT2D eigenvalue weighted by atomic mass is 9.76. The molecular formula is C25H27N3O3. The minimum absolute atomic E-state index is 0.0139. The van der Waals surface area contributed by atoms with Gasteiger partial charge >= 0.3 is 0 Å². The Kier molecular flexibility index (Phi) is 4.93. The molecule has 1 aliphatic heterocycles. The van der Waals surface area contributed by atoms with E-state index >= 15 is 0 Å². The summed E-state index contributed by atoms with van der Waals surface area (Å²) in [4.78, 5) is 27.1. The fourth-order valence-corrected chi connectivity index (χ4v) is 5.08. The van der Waals surface area contributed by atoms with Crippen molar-refractivity contribution in [3.63, 3.8) is 0 Å². The molecule has 1 aromatic carbocycles. The third-order valence-corrected chi connectivity index (χ3v) is 6.61. The molecule has 6 nitrogen and oxygen atoms in total. The predicted molar refractivity (Wildman–Crippen MR) is 118 cm³/mol. The van der Waals surface area contributed by atoms with Crippen LogP contribution in [0.1, 0.15) is 66.2 Å². The Morgan fingerprint density at radius 3 is 2.52 bits per heavy atom. The van der Waals surface area contributed by atoms with Gasteiger partial charge in [0.25, 0.3) is 5.91 Å². The molecule has 5 rings (SSSR count). The molecular weight excluding hydrogens is 390 g/mol. The Morgan fingerprint density at radius 1 is 1.00 bits per heavy atom. The summed E-state index contributed by atoms with van der Waals surface area (Å²) in [6.07, 6.45) is 8.91. The molecule has 3 heterocycles. The van der Waals surface area contributed by atoms with Crippen molar-refractivity contribution >= 4 is 17.7 Å². The fraction of sp³-hybridized carbons (Fsp3) is 0.360. The topological polar surface area (TPSA) is 67.5 Å². The molecule has 0 radical (unpaired) electrons. The van der Waals surface area contributed by atoms with Crippen molar-refractivity contribution in [2.45, 2.75) is 57.7 Å². The Labute approximate surface area is 181 Å². The maximum atomic E-state index is 13.5. The van der Waals surface area contributed by atoms with Crippen molar-refractivity contribution in [2.24, 2.45) is 0 Å². The first-order valence-corrected chi connectivity index (χ1v) is 11.0. The first-order valence-electron chi connectivity index (χ1n) is 11.0. The summed E-state index contributed by atoms with van der Waals surface area (Å²) in [5.74, 6) is 0.509. The number of benzene rings is 1. The van der Waals surface area contributed by atoms with E-state index in [1.54, 1.807) is 18.1 Å². The zero-order chi connectivity index (χ0) is 21.4. The van der Waals surface area contributed by atoms with Crippen molar-refractivity contribution in [3.8, 4) is 0 Å². The highest BCUT2D eigenvalue weighted by molar-refractivity contribution is 6.05. The van der Waals surface area contributed by atoms with Gasteiger partial charge in [-0.15, -0.1) is 0 Å². The normalized spacial score (nSPS) is 17.4. The molecule has 0 spiro atoms. The van der Waals surface area contributed by atoms with Crippen LogP contribution in [0.15, 0.2) is 59.3 Å². The average Bonchev–Trinajstić information content (AvgIpc) is 3.39. The van der Waals surface area contributed by atoms with Crippen molar-refractivity contribution in [3.05, 3.63) is 77.3 Å². The van der Waals surface area contributed by atoms with Crippen molar-refractivity contribution in [2.75, 3.05) is 4.90 Å². The fourth-order valence-electron chi connectivity index (χ4n) is 5.08. The Balaban J connectivity index is 1.45. The molecule has 31 heavy (non-hydrogen) atoms. The molecule has 1 aliphatic carbocycles. The monoisotopic (exact) mass is 417 g/mol. The Hall–Kier alpha value is -3.28. The maximum Gasteiger partial charge on any atom is 0.260 e. The number of hydrogen-bond donors (Lipinski definition) is 1. The van der Waals surface area contributed by atoms with Crippen LogP contribution in [0.2, 0.25) is 0 Å². The number of amides is 2. The minimum Gasteiger partial charge on any atom is -0.448 e. The largest absolute Gasteiger partial charge is 0.448 e. The zero-order valence-electron chi connectivity index (χ0n) is 17.8. The van der Waals surface area contributed by atoms with E-state index in [9.17, 15) is 9.59 Å². The molecule has 6 heteroatoms. The van der Waals surface area contributed by atoms with Gasteiger partial charge in [-0.05, 0) is 48.7 Å². The lowest BCUT2D eigenvalue weighted by Gasteiger charge is -2.38.